The van der Waals surface area contributed by atoms with Gasteiger partial charge in [0.1, 0.15) is 36.3 Å². The number of benzene rings is 2. The lowest BCUT2D eigenvalue weighted by Crippen LogP contribution is -2.75. The molecule has 3 saturated heterocycles. The molecule has 3 amide bonds. The van der Waals surface area contributed by atoms with E-state index in [0.29, 0.717) is 77.5 Å². The average molecular weight is 701 g/mol. The number of nitrogens with one attached hydrogen (secondary N) is 2. The van der Waals surface area contributed by atoms with Crippen LogP contribution in [0.2, 0.25) is 0 Å². The summed E-state index contributed by atoms with van der Waals surface area (Å²) in [6, 6.07) is 14.4. The summed E-state index contributed by atoms with van der Waals surface area (Å²) in [6.45, 7) is 10.4. The molecular formula is C37H53ClN4O7. The molecule has 3 fully saturated rings. The fourth-order valence-electron chi connectivity index (χ4n) is 6.81. The first-order valence-electron chi connectivity index (χ1n) is 17.6. The highest BCUT2D eigenvalue weighted by atomic mass is 35.5. The van der Waals surface area contributed by atoms with Crippen molar-refractivity contribution in [1.29, 1.82) is 0 Å². The molecule has 1 unspecified atom stereocenters. The second-order valence-corrected chi connectivity index (χ2v) is 13.6. The number of likely N-dealkylation sites (tertiary alicyclic amines) is 1. The topological polar surface area (TPSA) is 130 Å². The predicted octanol–water partition coefficient (Wildman–Crippen LogP) is 4.41. The van der Waals surface area contributed by atoms with Crippen LogP contribution in [0.3, 0.4) is 0 Å². The van der Waals surface area contributed by atoms with Crippen molar-refractivity contribution in [1.82, 2.24) is 15.1 Å². The fraction of sp³-hybridized carbons (Fsp3) is 0.595. The number of hydrogen-bond donors (Lipinski definition) is 3. The maximum Gasteiger partial charge on any atom is 0.248 e. The Morgan fingerprint density at radius 3 is 2.16 bits per heavy atom. The third-order valence-electron chi connectivity index (χ3n) is 9.86. The van der Waals surface area contributed by atoms with Crippen molar-refractivity contribution >= 4 is 35.8 Å². The quantitative estimate of drug-likeness (QED) is 0.247. The van der Waals surface area contributed by atoms with Crippen molar-refractivity contribution in [2.75, 3.05) is 51.4 Å². The van der Waals surface area contributed by atoms with Gasteiger partial charge in [0.05, 0.1) is 6.10 Å². The number of amides is 3. The number of piperidine rings is 1. The van der Waals surface area contributed by atoms with Crippen molar-refractivity contribution in [3.8, 4) is 11.5 Å². The first-order chi connectivity index (χ1) is 23.2. The second-order valence-electron chi connectivity index (χ2n) is 13.6. The summed E-state index contributed by atoms with van der Waals surface area (Å²) < 4.78 is 17.1. The molecule has 49 heavy (non-hydrogen) atoms. The van der Waals surface area contributed by atoms with Gasteiger partial charge in [-0.2, -0.15) is 0 Å². The van der Waals surface area contributed by atoms with Gasteiger partial charge in [-0.3, -0.25) is 19.3 Å². The molecule has 0 saturated carbocycles. The van der Waals surface area contributed by atoms with Crippen LogP contribution in [0, 0.1) is 11.8 Å². The Morgan fingerprint density at radius 1 is 1.00 bits per heavy atom. The molecule has 2 aromatic rings. The summed E-state index contributed by atoms with van der Waals surface area (Å²) in [6.07, 6.45) is 3.33. The predicted molar refractivity (Wildman–Crippen MR) is 190 cm³/mol. The van der Waals surface area contributed by atoms with Crippen LogP contribution in [0.25, 0.3) is 0 Å². The van der Waals surface area contributed by atoms with Gasteiger partial charge in [0.25, 0.3) is 0 Å². The number of halogens is 1. The Bertz CT molecular complexity index is 1360. The number of anilines is 1. The van der Waals surface area contributed by atoms with Crippen LogP contribution >= 0.6 is 12.4 Å². The smallest absolute Gasteiger partial charge is 0.248 e. The van der Waals surface area contributed by atoms with E-state index in [4.69, 9.17) is 14.2 Å². The van der Waals surface area contributed by atoms with Crippen LogP contribution < -0.4 is 20.1 Å². The number of aliphatic hydroxyl groups excluding tert-OH is 1. The van der Waals surface area contributed by atoms with Gasteiger partial charge in [-0.25, -0.2) is 0 Å². The zero-order chi connectivity index (χ0) is 34.1. The molecule has 11 nitrogen and oxygen atoms in total. The Labute approximate surface area is 296 Å². The van der Waals surface area contributed by atoms with E-state index in [1.165, 1.54) is 0 Å². The number of piperazine rings is 1. The van der Waals surface area contributed by atoms with Gasteiger partial charge in [-0.15, -0.1) is 12.4 Å². The average Bonchev–Trinajstić information content (AvgIpc) is 3.10. The van der Waals surface area contributed by atoms with Crippen LogP contribution in [0.4, 0.5) is 5.69 Å². The molecule has 0 aliphatic carbocycles. The summed E-state index contributed by atoms with van der Waals surface area (Å²) >= 11 is 0. The summed E-state index contributed by atoms with van der Waals surface area (Å²) in [4.78, 5) is 43.6. The van der Waals surface area contributed by atoms with Crippen LogP contribution in [0.15, 0.2) is 48.5 Å². The molecule has 0 aromatic heterocycles. The van der Waals surface area contributed by atoms with E-state index in [0.717, 1.165) is 36.4 Å². The summed E-state index contributed by atoms with van der Waals surface area (Å²) in [5.74, 6) is 1.02. The Kier molecular flexibility index (Phi) is 14.1. The lowest BCUT2D eigenvalue weighted by atomic mass is 9.79. The normalized spacial score (nSPS) is 20.4. The van der Waals surface area contributed by atoms with E-state index in [1.54, 1.807) is 4.90 Å². The van der Waals surface area contributed by atoms with Crippen LogP contribution in [0.5, 0.6) is 11.5 Å². The molecule has 2 aromatic carbocycles. The van der Waals surface area contributed by atoms with Crippen LogP contribution in [0.1, 0.15) is 64.9 Å². The molecule has 2 atom stereocenters. The molecular weight excluding hydrogens is 648 g/mol. The molecule has 1 spiro atoms. The van der Waals surface area contributed by atoms with E-state index < -0.39 is 17.7 Å². The highest BCUT2D eigenvalue weighted by Crippen LogP contribution is 2.35. The molecule has 0 bridgehead atoms. The fourth-order valence-corrected chi connectivity index (χ4v) is 6.81. The zero-order valence-corrected chi connectivity index (χ0v) is 29.8. The first kappa shape index (κ1) is 38.4. The maximum atomic E-state index is 13.8. The van der Waals surface area contributed by atoms with Crippen molar-refractivity contribution in [2.24, 2.45) is 11.8 Å². The van der Waals surface area contributed by atoms with E-state index >= 15 is 0 Å². The van der Waals surface area contributed by atoms with E-state index in [1.807, 2.05) is 50.2 Å². The second kappa shape index (κ2) is 18.0. The maximum absolute atomic E-state index is 13.8. The number of hydrogen-bond acceptors (Lipinski definition) is 8. The molecule has 3 heterocycles. The van der Waals surface area contributed by atoms with Crippen LogP contribution in [-0.2, 0) is 25.7 Å². The number of nitrogens with zero attached hydrogens (tertiary/aromatic N) is 2. The van der Waals surface area contributed by atoms with Gasteiger partial charge >= 0.3 is 0 Å². The molecule has 0 radical (unpaired) electrons. The van der Waals surface area contributed by atoms with Gasteiger partial charge in [0, 0.05) is 51.0 Å². The number of aliphatic hydroxyl groups is 1. The third kappa shape index (κ3) is 9.66. The minimum absolute atomic E-state index is 0. The van der Waals surface area contributed by atoms with E-state index in [9.17, 15) is 19.5 Å². The van der Waals surface area contributed by atoms with E-state index in [-0.39, 0.29) is 42.0 Å². The zero-order valence-electron chi connectivity index (χ0n) is 29.0. The summed E-state index contributed by atoms with van der Waals surface area (Å²) in [7, 11) is 0. The lowest BCUT2D eigenvalue weighted by molar-refractivity contribution is -0.166. The third-order valence-corrected chi connectivity index (χ3v) is 9.86. The highest BCUT2D eigenvalue weighted by Gasteiger charge is 2.55. The largest absolute Gasteiger partial charge is 0.490 e. The van der Waals surface area contributed by atoms with Crippen molar-refractivity contribution in [3.05, 3.63) is 54.1 Å². The number of carbonyl (C=O) groups is 3. The highest BCUT2D eigenvalue weighted by molar-refractivity contribution is 6.00. The van der Waals surface area contributed by atoms with Crippen molar-refractivity contribution < 1.29 is 33.7 Å². The Balaban J connectivity index is 0.00000541. The Morgan fingerprint density at radius 2 is 1.59 bits per heavy atom. The number of rotatable bonds is 14. The number of carbonyl (C=O) groups excluding carboxylic acids is 3. The molecule has 270 valence electrons. The van der Waals surface area contributed by atoms with Gasteiger partial charge in [0.15, 0.2) is 0 Å². The van der Waals surface area contributed by atoms with Gasteiger partial charge < -0.3 is 34.9 Å². The Hall–Kier alpha value is -3.38. The molecule has 5 rings (SSSR count). The molecule has 12 heteroatoms. The standard InChI is InChI=1S/C37H52N4O7.ClH/c1-4-5-18-41-35(44)32(33(42)28-14-21-46-22-15-28)39-36(45)37(41)16-19-40(20-17-37)25-27-6-10-30(11-7-27)47-23-24-48-31-12-8-29(9-13-31)38-34(43)26(2)3;/h6-13,26,28,32-33,42H,4-5,14-25H2,1-3H3,(H,38,43)(H,39,45);1H/t32-,33?;/m1./s1. The summed E-state index contributed by atoms with van der Waals surface area (Å²) in [5.41, 5.74) is 1.01. The molecule has 3 aliphatic heterocycles. The minimum atomic E-state index is -0.908. The lowest BCUT2D eigenvalue weighted by Gasteiger charge is -2.52. The van der Waals surface area contributed by atoms with Crippen molar-refractivity contribution in [2.45, 2.75) is 83.5 Å². The van der Waals surface area contributed by atoms with Gasteiger partial charge in [0.2, 0.25) is 17.7 Å². The molecule has 3 N–H and O–H groups in total. The van der Waals surface area contributed by atoms with Gasteiger partial charge in [-0.1, -0.05) is 39.3 Å². The minimum Gasteiger partial charge on any atom is -0.490 e. The molecule has 3 aliphatic rings. The van der Waals surface area contributed by atoms with Crippen LogP contribution in [-0.4, -0.2) is 96.4 Å². The van der Waals surface area contributed by atoms with Gasteiger partial charge in [-0.05, 0) is 80.0 Å². The van der Waals surface area contributed by atoms with Crippen molar-refractivity contribution in [3.63, 3.8) is 0 Å². The summed E-state index contributed by atoms with van der Waals surface area (Å²) in [5, 5.41) is 17.0. The first-order valence-corrected chi connectivity index (χ1v) is 17.6. The monoisotopic (exact) mass is 700 g/mol. The van der Waals surface area contributed by atoms with E-state index in [2.05, 4.69) is 34.6 Å². The number of ether oxygens (including phenoxy) is 3. The number of unbranched alkanes of at least 4 members (excludes halogenated alkanes) is 1. The SMILES string of the molecule is CCCCN1C(=O)[C@@H](C(O)C2CCOCC2)NC(=O)C12CCN(Cc1ccc(OCCOc3ccc(NC(=O)C(C)C)cc3)cc1)CC2.Cl.